The maximum Gasteiger partial charge on any atom is 4.00 e. The monoisotopic (exact) mass is 592 g/mol. The topological polar surface area (TPSA) is 0 Å². The SMILES string of the molecule is CCc1cc2ccccc2[cH-]1.CCc1cc2ccccc2[cH-]1.C[Si]C.[Br-].[Br-].[Zr+4]. The van der Waals surface area contributed by atoms with Crippen LogP contribution in [0, 0.1) is 0 Å². The summed E-state index contributed by atoms with van der Waals surface area (Å²) in [5, 5.41) is 5.46. The molecule has 0 aliphatic heterocycles. The number of benzene rings is 2. The molecule has 4 aromatic carbocycles. The van der Waals surface area contributed by atoms with Crippen LogP contribution < -0.4 is 34.0 Å². The average Bonchev–Trinajstić information content (AvgIpc) is 3.26. The first kappa shape index (κ1) is 29.9. The summed E-state index contributed by atoms with van der Waals surface area (Å²) >= 11 is 0. The van der Waals surface area contributed by atoms with E-state index in [2.05, 4.69) is 99.7 Å². The van der Waals surface area contributed by atoms with E-state index in [-0.39, 0.29) is 60.2 Å². The van der Waals surface area contributed by atoms with Crippen LogP contribution in [0.5, 0.6) is 0 Å². The Hall–Kier alpha value is -0.280. The van der Waals surface area contributed by atoms with Gasteiger partial charge in [0.05, 0.1) is 0 Å². The van der Waals surface area contributed by atoms with E-state index in [4.69, 9.17) is 0 Å². The van der Waals surface area contributed by atoms with Crippen molar-refractivity contribution in [2.45, 2.75) is 39.8 Å². The van der Waals surface area contributed by atoms with E-state index in [0.29, 0.717) is 0 Å². The van der Waals surface area contributed by atoms with Gasteiger partial charge in [0.15, 0.2) is 0 Å². The van der Waals surface area contributed by atoms with E-state index < -0.39 is 0 Å². The number of hydrogen-bond acceptors (Lipinski definition) is 0. The smallest absolute Gasteiger partial charge is 1.00 e. The summed E-state index contributed by atoms with van der Waals surface area (Å²) in [5.41, 5.74) is 2.87. The van der Waals surface area contributed by atoms with E-state index in [1.807, 2.05) is 0 Å². The van der Waals surface area contributed by atoms with Crippen molar-refractivity contribution in [1.82, 2.24) is 0 Å². The predicted molar refractivity (Wildman–Crippen MR) is 115 cm³/mol. The molecule has 0 aliphatic rings. The summed E-state index contributed by atoms with van der Waals surface area (Å²) in [6, 6.07) is 26.0. The molecule has 28 heavy (non-hydrogen) atoms. The van der Waals surface area contributed by atoms with E-state index in [0.717, 1.165) is 22.4 Å². The fourth-order valence-electron chi connectivity index (χ4n) is 2.84. The molecule has 0 bridgehead atoms. The first-order valence-corrected chi connectivity index (χ1v) is 11.1. The molecule has 2 radical (unpaired) electrons. The molecule has 146 valence electrons. The fraction of sp³-hybridized carbons (Fsp3) is 0.250. The van der Waals surface area contributed by atoms with Gasteiger partial charge in [-0.3, -0.25) is 0 Å². The molecule has 0 fully saturated rings. The van der Waals surface area contributed by atoms with Crippen molar-refractivity contribution in [2.75, 3.05) is 0 Å². The summed E-state index contributed by atoms with van der Waals surface area (Å²) in [7, 11) is 1.08. The van der Waals surface area contributed by atoms with Crippen LogP contribution in [0.2, 0.25) is 13.1 Å². The zero-order chi connectivity index (χ0) is 18.1. The quantitative estimate of drug-likeness (QED) is 0.240. The standard InChI is InChI=1S/2C11H11.C2H6Si.2BrH.Zr/c2*1-2-9-7-10-5-3-4-6-11(10)8-9;1-3-2;;;/h2*3-8H,2H2,1H3;1-2H3;2*1H;/q2*-1;;;;+4/p-2. The van der Waals surface area contributed by atoms with Crippen LogP contribution in [0.4, 0.5) is 0 Å². The maximum atomic E-state index is 2.26. The number of hydrogen-bond donors (Lipinski definition) is 0. The van der Waals surface area contributed by atoms with Crippen LogP contribution in [-0.2, 0) is 39.0 Å². The Labute approximate surface area is 213 Å². The second-order valence-corrected chi connectivity index (χ2v) is 7.19. The Morgan fingerprint density at radius 1 is 0.679 bits per heavy atom. The molecule has 0 amide bonds. The molecule has 0 N–H and O–H groups in total. The number of aryl methyl sites for hydroxylation is 2. The van der Waals surface area contributed by atoms with E-state index >= 15 is 0 Å². The van der Waals surface area contributed by atoms with Gasteiger partial charge in [0.2, 0.25) is 0 Å². The van der Waals surface area contributed by atoms with Gasteiger partial charge in [-0.05, 0) is 12.8 Å². The van der Waals surface area contributed by atoms with Gasteiger partial charge in [0.1, 0.15) is 0 Å². The molecule has 4 heteroatoms. The van der Waals surface area contributed by atoms with E-state index in [9.17, 15) is 0 Å². The van der Waals surface area contributed by atoms with Crippen molar-refractivity contribution in [3.8, 4) is 0 Å². The fourth-order valence-corrected chi connectivity index (χ4v) is 2.84. The summed E-state index contributed by atoms with van der Waals surface area (Å²) in [4.78, 5) is 0. The van der Waals surface area contributed by atoms with E-state index in [1.165, 1.54) is 32.7 Å². The zero-order valence-corrected chi connectivity index (χ0v) is 23.7. The second kappa shape index (κ2) is 16.5. The van der Waals surface area contributed by atoms with E-state index in [1.54, 1.807) is 0 Å². The maximum absolute atomic E-state index is 2.26. The molecule has 0 heterocycles. The van der Waals surface area contributed by atoms with Gasteiger partial charge in [-0.1, -0.05) is 39.1 Å². The molecular weight excluding hydrogens is 567 g/mol. The summed E-state index contributed by atoms with van der Waals surface area (Å²) in [6.07, 6.45) is 2.27. The van der Waals surface area contributed by atoms with Crippen molar-refractivity contribution >= 4 is 31.1 Å². The van der Waals surface area contributed by atoms with Crippen molar-refractivity contribution < 1.29 is 60.2 Å². The van der Waals surface area contributed by atoms with Gasteiger partial charge >= 0.3 is 26.2 Å². The molecule has 0 saturated carbocycles. The molecular formula is C24H28Br2SiZr. The first-order chi connectivity index (χ1) is 12.2. The van der Waals surface area contributed by atoms with Crippen molar-refractivity contribution in [1.29, 1.82) is 0 Å². The van der Waals surface area contributed by atoms with Gasteiger partial charge in [-0.2, -0.15) is 12.1 Å². The Morgan fingerprint density at radius 2 is 1.00 bits per heavy atom. The molecule has 4 aromatic rings. The van der Waals surface area contributed by atoms with Crippen LogP contribution in [0.15, 0.2) is 72.8 Å². The summed E-state index contributed by atoms with van der Waals surface area (Å²) in [5.74, 6) is 0. The first-order valence-electron chi connectivity index (χ1n) is 9.09. The van der Waals surface area contributed by atoms with Crippen molar-refractivity contribution in [3.05, 3.63) is 83.9 Å². The minimum Gasteiger partial charge on any atom is -1.00 e. The third-order valence-corrected chi connectivity index (χ3v) is 4.17. The number of halogens is 2. The number of rotatable bonds is 2. The minimum atomic E-state index is 0. The summed E-state index contributed by atoms with van der Waals surface area (Å²) in [6.45, 7) is 8.68. The third-order valence-electron chi connectivity index (χ3n) is 4.17. The van der Waals surface area contributed by atoms with Gasteiger partial charge in [-0.15, -0.1) is 81.2 Å². The number of fused-ring (bicyclic) bond motifs is 2. The Balaban J connectivity index is 0. The normalized spacial score (nSPS) is 9.00. The van der Waals surface area contributed by atoms with Crippen LogP contribution >= 0.6 is 0 Å². The van der Waals surface area contributed by atoms with Crippen molar-refractivity contribution in [3.63, 3.8) is 0 Å². The minimum absolute atomic E-state index is 0. The molecule has 4 rings (SSSR count). The van der Waals surface area contributed by atoms with Gasteiger partial charge in [0, 0.05) is 9.52 Å². The Kier molecular flexibility index (Phi) is 17.6. The molecule has 0 spiro atoms. The van der Waals surface area contributed by atoms with Gasteiger partial charge in [-0.25, -0.2) is 0 Å². The summed E-state index contributed by atoms with van der Waals surface area (Å²) < 4.78 is 0. The van der Waals surface area contributed by atoms with Crippen LogP contribution in [0.25, 0.3) is 21.5 Å². The molecule has 0 aliphatic carbocycles. The average molecular weight is 596 g/mol. The Bertz CT molecular complexity index is 756. The second-order valence-electron chi connectivity index (χ2n) is 6.19. The third kappa shape index (κ3) is 9.03. The van der Waals surface area contributed by atoms with Crippen LogP contribution in [-0.4, -0.2) is 9.52 Å². The van der Waals surface area contributed by atoms with Gasteiger partial charge in [0.25, 0.3) is 0 Å². The van der Waals surface area contributed by atoms with Crippen LogP contribution in [0.1, 0.15) is 25.0 Å². The zero-order valence-electron chi connectivity index (χ0n) is 17.1. The predicted octanol–water partition coefficient (Wildman–Crippen LogP) is 1.03. The molecule has 0 saturated heterocycles. The molecule has 0 atom stereocenters. The largest absolute Gasteiger partial charge is 4.00 e. The van der Waals surface area contributed by atoms with Crippen molar-refractivity contribution in [2.24, 2.45) is 0 Å². The molecule has 0 aromatic heterocycles. The van der Waals surface area contributed by atoms with Crippen LogP contribution in [0.3, 0.4) is 0 Å². The molecule has 0 nitrogen and oxygen atoms in total. The molecule has 0 unspecified atom stereocenters. The van der Waals surface area contributed by atoms with Gasteiger partial charge < -0.3 is 34.0 Å². The Morgan fingerprint density at radius 3 is 1.29 bits per heavy atom.